The van der Waals surface area contributed by atoms with Crippen LogP contribution in [0.15, 0.2) is 24.3 Å². The predicted octanol–water partition coefficient (Wildman–Crippen LogP) is 2.01. The maximum absolute atomic E-state index is 12.2. The molecule has 0 spiro atoms. The number of carbonyl (C=O) groups excluding carboxylic acids is 2. The van der Waals surface area contributed by atoms with Crippen LogP contribution in [0.3, 0.4) is 0 Å². The van der Waals surface area contributed by atoms with Gasteiger partial charge >= 0.3 is 0 Å². The van der Waals surface area contributed by atoms with Crippen molar-refractivity contribution >= 4 is 23.2 Å². The van der Waals surface area contributed by atoms with E-state index >= 15 is 0 Å². The third-order valence-corrected chi connectivity index (χ3v) is 3.36. The summed E-state index contributed by atoms with van der Waals surface area (Å²) < 4.78 is 5.15. The summed E-state index contributed by atoms with van der Waals surface area (Å²) in [6.45, 7) is 4.38. The average molecular weight is 262 g/mol. The zero-order valence-electron chi connectivity index (χ0n) is 11.2. The Morgan fingerprint density at radius 1 is 1.26 bits per heavy atom. The third kappa shape index (κ3) is 2.93. The second-order valence-corrected chi connectivity index (χ2v) is 4.84. The van der Waals surface area contributed by atoms with Gasteiger partial charge in [0.2, 0.25) is 11.8 Å². The number of ether oxygens (including phenoxy) is 1. The number of hydrogen-bond donors (Lipinski definition) is 2. The van der Waals surface area contributed by atoms with Crippen molar-refractivity contribution in [3.05, 3.63) is 24.3 Å². The van der Waals surface area contributed by atoms with E-state index in [0.29, 0.717) is 24.6 Å². The Kier molecular flexibility index (Phi) is 3.85. The van der Waals surface area contributed by atoms with Gasteiger partial charge in [0.25, 0.3) is 0 Å². The average Bonchev–Trinajstić information content (AvgIpc) is 2.27. The molecule has 2 N–H and O–H groups in total. The molecular weight excluding hydrogens is 244 g/mol. The van der Waals surface area contributed by atoms with Crippen LogP contribution < -0.4 is 10.6 Å². The molecule has 0 saturated carbocycles. The molecule has 5 nitrogen and oxygen atoms in total. The summed E-state index contributed by atoms with van der Waals surface area (Å²) in [5, 5.41) is 5.56. The van der Waals surface area contributed by atoms with Gasteiger partial charge in [-0.2, -0.15) is 0 Å². The molecule has 1 fully saturated rings. The fraction of sp³-hybridized carbons (Fsp3) is 0.429. The zero-order valence-corrected chi connectivity index (χ0v) is 11.2. The Morgan fingerprint density at radius 3 is 2.37 bits per heavy atom. The molecule has 0 aromatic heterocycles. The van der Waals surface area contributed by atoms with Crippen LogP contribution in [0.1, 0.15) is 20.3 Å². The normalized spacial score (nSPS) is 16.3. The first-order valence-corrected chi connectivity index (χ1v) is 6.32. The van der Waals surface area contributed by atoms with Crippen LogP contribution in [0.2, 0.25) is 0 Å². The number of carbonyl (C=O) groups is 2. The van der Waals surface area contributed by atoms with Gasteiger partial charge < -0.3 is 15.4 Å². The second-order valence-electron chi connectivity index (χ2n) is 4.84. The van der Waals surface area contributed by atoms with E-state index in [0.717, 1.165) is 6.42 Å². The van der Waals surface area contributed by atoms with Crippen LogP contribution in [-0.2, 0) is 14.3 Å². The molecule has 1 heterocycles. The van der Waals surface area contributed by atoms with E-state index in [2.05, 4.69) is 10.6 Å². The van der Waals surface area contributed by atoms with E-state index in [1.807, 2.05) is 6.92 Å². The van der Waals surface area contributed by atoms with Gasteiger partial charge in [-0.15, -0.1) is 0 Å². The van der Waals surface area contributed by atoms with Gasteiger partial charge in [0.1, 0.15) is 0 Å². The summed E-state index contributed by atoms with van der Waals surface area (Å²) in [7, 11) is 0. The van der Waals surface area contributed by atoms with Gasteiger partial charge in [-0.1, -0.05) is 13.0 Å². The maximum Gasteiger partial charge on any atom is 0.235 e. The molecule has 0 radical (unpaired) electrons. The molecule has 1 aromatic carbocycles. The number of rotatable bonds is 4. The van der Waals surface area contributed by atoms with Gasteiger partial charge in [-0.3, -0.25) is 9.59 Å². The SMILES string of the molecule is CCC1(C(=O)Nc2cccc(NC(C)=O)c2)COC1. The van der Waals surface area contributed by atoms with Gasteiger partial charge in [0.05, 0.1) is 18.6 Å². The van der Waals surface area contributed by atoms with E-state index in [1.54, 1.807) is 24.3 Å². The largest absolute Gasteiger partial charge is 0.379 e. The monoisotopic (exact) mass is 262 g/mol. The first-order chi connectivity index (χ1) is 9.05. The van der Waals surface area contributed by atoms with Crippen molar-refractivity contribution in [2.24, 2.45) is 5.41 Å². The smallest absolute Gasteiger partial charge is 0.235 e. The molecule has 19 heavy (non-hydrogen) atoms. The molecule has 0 atom stereocenters. The van der Waals surface area contributed by atoms with Crippen LogP contribution in [0.5, 0.6) is 0 Å². The topological polar surface area (TPSA) is 67.4 Å². The maximum atomic E-state index is 12.2. The summed E-state index contributed by atoms with van der Waals surface area (Å²) in [6, 6.07) is 7.10. The Morgan fingerprint density at radius 2 is 1.89 bits per heavy atom. The fourth-order valence-electron chi connectivity index (χ4n) is 1.99. The van der Waals surface area contributed by atoms with Crippen molar-refractivity contribution in [2.75, 3.05) is 23.8 Å². The summed E-state index contributed by atoms with van der Waals surface area (Å²) in [5.74, 6) is -0.165. The highest BCUT2D eigenvalue weighted by atomic mass is 16.5. The van der Waals surface area contributed by atoms with E-state index in [-0.39, 0.29) is 11.8 Å². The highest BCUT2D eigenvalue weighted by Crippen LogP contribution is 2.32. The number of amides is 2. The highest BCUT2D eigenvalue weighted by molar-refractivity contribution is 5.97. The lowest BCUT2D eigenvalue weighted by Gasteiger charge is -2.38. The number of benzene rings is 1. The zero-order chi connectivity index (χ0) is 13.9. The van der Waals surface area contributed by atoms with Crippen molar-refractivity contribution in [3.63, 3.8) is 0 Å². The molecule has 1 aliphatic heterocycles. The molecule has 1 aliphatic rings. The fourth-order valence-corrected chi connectivity index (χ4v) is 1.99. The molecule has 2 amide bonds. The quantitative estimate of drug-likeness (QED) is 0.872. The molecule has 1 aromatic rings. The first-order valence-electron chi connectivity index (χ1n) is 6.32. The minimum atomic E-state index is -0.399. The Bertz CT molecular complexity index is 490. The van der Waals surface area contributed by atoms with Gasteiger partial charge in [0, 0.05) is 18.3 Å². The number of anilines is 2. The molecule has 0 unspecified atom stereocenters. The molecule has 0 bridgehead atoms. The summed E-state index contributed by atoms with van der Waals surface area (Å²) in [5.41, 5.74) is 0.945. The van der Waals surface area contributed by atoms with E-state index in [4.69, 9.17) is 4.74 Å². The van der Waals surface area contributed by atoms with Crippen LogP contribution >= 0.6 is 0 Å². The molecule has 5 heteroatoms. The minimum Gasteiger partial charge on any atom is -0.379 e. The van der Waals surface area contributed by atoms with Crippen LogP contribution in [0.25, 0.3) is 0 Å². The van der Waals surface area contributed by atoms with E-state index in [1.165, 1.54) is 6.92 Å². The van der Waals surface area contributed by atoms with Crippen molar-refractivity contribution in [2.45, 2.75) is 20.3 Å². The molecule has 0 aliphatic carbocycles. The summed E-state index contributed by atoms with van der Waals surface area (Å²) >= 11 is 0. The van der Waals surface area contributed by atoms with Crippen LogP contribution in [0, 0.1) is 5.41 Å². The van der Waals surface area contributed by atoms with Crippen molar-refractivity contribution in [1.82, 2.24) is 0 Å². The molecule has 2 rings (SSSR count). The van der Waals surface area contributed by atoms with Gasteiger partial charge in [-0.05, 0) is 24.6 Å². The van der Waals surface area contributed by atoms with Crippen molar-refractivity contribution in [3.8, 4) is 0 Å². The Labute approximate surface area is 112 Å². The molecule has 102 valence electrons. The standard InChI is InChI=1S/C14H18N2O3/c1-3-14(8-19-9-14)13(18)16-12-6-4-5-11(7-12)15-10(2)17/h4-7H,3,8-9H2,1-2H3,(H,15,17)(H,16,18). The summed E-state index contributed by atoms with van der Waals surface area (Å²) in [4.78, 5) is 23.2. The van der Waals surface area contributed by atoms with Crippen molar-refractivity contribution in [1.29, 1.82) is 0 Å². The van der Waals surface area contributed by atoms with Gasteiger partial charge in [-0.25, -0.2) is 0 Å². The van der Waals surface area contributed by atoms with Crippen molar-refractivity contribution < 1.29 is 14.3 Å². The molecule has 1 saturated heterocycles. The minimum absolute atomic E-state index is 0.0266. The lowest BCUT2D eigenvalue weighted by atomic mass is 9.82. The van der Waals surface area contributed by atoms with Crippen LogP contribution in [0.4, 0.5) is 11.4 Å². The van der Waals surface area contributed by atoms with E-state index < -0.39 is 5.41 Å². The molecular formula is C14H18N2O3. The Balaban J connectivity index is 2.06. The Hall–Kier alpha value is -1.88. The highest BCUT2D eigenvalue weighted by Gasteiger charge is 2.44. The first kappa shape index (κ1) is 13.5. The predicted molar refractivity (Wildman–Crippen MR) is 72.9 cm³/mol. The second kappa shape index (κ2) is 5.40. The van der Waals surface area contributed by atoms with Gasteiger partial charge in [0.15, 0.2) is 0 Å². The number of nitrogens with one attached hydrogen (secondary N) is 2. The van der Waals surface area contributed by atoms with E-state index in [9.17, 15) is 9.59 Å². The van der Waals surface area contributed by atoms with Crippen LogP contribution in [-0.4, -0.2) is 25.0 Å². The summed E-state index contributed by atoms with van der Waals surface area (Å²) in [6.07, 6.45) is 0.754. The number of hydrogen-bond acceptors (Lipinski definition) is 3. The lowest BCUT2D eigenvalue weighted by Crippen LogP contribution is -2.51. The lowest BCUT2D eigenvalue weighted by molar-refractivity contribution is -0.156. The third-order valence-electron chi connectivity index (χ3n) is 3.36.